The van der Waals surface area contributed by atoms with Crippen molar-refractivity contribution < 1.29 is 0 Å². The van der Waals surface area contributed by atoms with Gasteiger partial charge in [-0.3, -0.25) is 0 Å². The molecule has 0 amide bonds. The van der Waals surface area contributed by atoms with E-state index in [0.717, 1.165) is 43.3 Å². The maximum Gasteiger partial charge on any atom is 0.115 e. The van der Waals surface area contributed by atoms with Crippen LogP contribution in [0.4, 0.5) is 0 Å². The van der Waals surface area contributed by atoms with Gasteiger partial charge in [-0.25, -0.2) is 23.5 Å². The topological polar surface area (TPSA) is 6.48 Å². The van der Waals surface area contributed by atoms with E-state index in [1.807, 2.05) is 0 Å². The third-order valence-corrected chi connectivity index (χ3v) is 7.92. The van der Waals surface area contributed by atoms with Crippen molar-refractivity contribution in [1.29, 1.82) is 0 Å². The summed E-state index contributed by atoms with van der Waals surface area (Å²) in [7, 11) is 0. The normalized spacial score (nSPS) is 12.3. The predicted molar refractivity (Wildman–Crippen MR) is 134 cm³/mol. The average molecular weight is 427 g/mol. The Hall–Kier alpha value is 0.480. The molecule has 2 nitrogen and oxygen atoms in total. The third-order valence-electron chi connectivity index (χ3n) is 4.09. The Kier molecular flexibility index (Phi) is 18.2. The molecule has 0 bridgehead atoms. The van der Waals surface area contributed by atoms with Gasteiger partial charge >= 0.3 is 0 Å². The van der Waals surface area contributed by atoms with Crippen LogP contribution in [0.5, 0.6) is 0 Å². The van der Waals surface area contributed by atoms with E-state index in [9.17, 15) is 0 Å². The molecule has 0 aliphatic rings. The Morgan fingerprint density at radius 1 is 0.640 bits per heavy atom. The van der Waals surface area contributed by atoms with Crippen LogP contribution in [0, 0.1) is 0 Å². The van der Waals surface area contributed by atoms with Gasteiger partial charge in [-0.15, -0.1) is 0 Å². The van der Waals surface area contributed by atoms with Crippen LogP contribution in [0.2, 0.25) is 0 Å². The van der Waals surface area contributed by atoms with Crippen LogP contribution in [0.1, 0.15) is 79.1 Å². The highest BCUT2D eigenvalue weighted by atomic mass is 32.2. The maximum absolute atomic E-state index is 5.80. The molecule has 0 saturated heterocycles. The lowest BCUT2D eigenvalue weighted by Gasteiger charge is -2.34. The van der Waals surface area contributed by atoms with Gasteiger partial charge in [0.15, 0.2) is 0 Å². The first-order valence-electron chi connectivity index (χ1n) is 10.2. The molecule has 0 spiro atoms. The van der Waals surface area contributed by atoms with Crippen LogP contribution in [-0.2, 0) is 0 Å². The predicted octanol–water partition coefficient (Wildman–Crippen LogP) is 5.71. The van der Waals surface area contributed by atoms with Gasteiger partial charge in [-0.1, -0.05) is 77.8 Å². The van der Waals surface area contributed by atoms with Crippen molar-refractivity contribution in [2.45, 2.75) is 79.1 Å². The fraction of sp³-hybridized carbons (Fsp3) is 0.895. The van der Waals surface area contributed by atoms with E-state index in [2.05, 4.69) is 37.5 Å². The third kappa shape index (κ3) is 13.3. The van der Waals surface area contributed by atoms with Crippen molar-refractivity contribution in [3.8, 4) is 0 Å². The summed E-state index contributed by atoms with van der Waals surface area (Å²) in [6.07, 6.45) is 9.96. The Labute approximate surface area is 176 Å². The molecule has 0 N–H and O–H groups in total. The zero-order valence-corrected chi connectivity index (χ0v) is 20.5. The Morgan fingerprint density at radius 2 is 1.00 bits per heavy atom. The molecule has 0 atom stereocenters. The van der Waals surface area contributed by atoms with Gasteiger partial charge in [0.25, 0.3) is 0 Å². The van der Waals surface area contributed by atoms with Crippen LogP contribution < -0.4 is 0 Å². The van der Waals surface area contributed by atoms with Gasteiger partial charge in [0, 0.05) is 13.1 Å². The summed E-state index contributed by atoms with van der Waals surface area (Å²) in [4.78, 5) is 4.89. The summed E-state index contributed by atoms with van der Waals surface area (Å²) in [5, 5.41) is 0. The molecule has 0 heterocycles. The van der Waals surface area contributed by atoms with E-state index < -0.39 is 0 Å². The minimum atomic E-state index is 0.791. The van der Waals surface area contributed by atoms with Gasteiger partial charge in [0.05, 0.1) is 6.67 Å². The van der Waals surface area contributed by atoms with Crippen molar-refractivity contribution in [2.24, 2.45) is 0 Å². The molecule has 0 unspecified atom stereocenters. The first-order chi connectivity index (χ1) is 12.1. The number of hydrogen-bond donors (Lipinski definition) is 0. The largest absolute Gasteiger partial charge is 0.341 e. The second-order valence-electron chi connectivity index (χ2n) is 6.55. The summed E-state index contributed by atoms with van der Waals surface area (Å²) in [6, 6.07) is 0. The second-order valence-corrected chi connectivity index (χ2v) is 10.7. The average Bonchev–Trinajstić information content (AvgIpc) is 2.61. The van der Waals surface area contributed by atoms with Crippen LogP contribution in [0.15, 0.2) is 0 Å². The molecule has 0 fully saturated rings. The highest BCUT2D eigenvalue weighted by Gasteiger charge is 2.15. The summed E-state index contributed by atoms with van der Waals surface area (Å²) in [6.45, 7) is 12.1. The smallest absolute Gasteiger partial charge is 0.115 e. The maximum atomic E-state index is 5.80. The number of rotatable bonds is 14. The van der Waals surface area contributed by atoms with Crippen molar-refractivity contribution in [1.82, 2.24) is 9.80 Å². The summed E-state index contributed by atoms with van der Waals surface area (Å²) < 4.78 is 2.34. The lowest BCUT2D eigenvalue weighted by atomic mass is 10.3. The minimum absolute atomic E-state index is 0.791. The molecule has 25 heavy (non-hydrogen) atoms. The van der Waals surface area contributed by atoms with E-state index in [0.29, 0.717) is 0 Å². The molecule has 0 radical (unpaired) electrons. The van der Waals surface area contributed by atoms with Crippen LogP contribution in [0.3, 0.4) is 0 Å². The van der Waals surface area contributed by atoms with Crippen LogP contribution in [-0.4, -0.2) is 49.7 Å². The molecular formula is C19H42N2S4. The fourth-order valence-electron chi connectivity index (χ4n) is 2.34. The molecule has 0 rings (SSSR count). The fourth-order valence-corrected chi connectivity index (χ4v) is 5.56. The first-order valence-corrected chi connectivity index (χ1v) is 13.4. The quantitative estimate of drug-likeness (QED) is 0.199. The van der Waals surface area contributed by atoms with E-state index >= 15 is 0 Å². The van der Waals surface area contributed by atoms with Gasteiger partial charge in [0.2, 0.25) is 0 Å². The van der Waals surface area contributed by atoms with Crippen molar-refractivity contribution in [3.63, 3.8) is 0 Å². The number of nitrogens with zero attached hydrogens (tertiary/aromatic N) is 2. The van der Waals surface area contributed by atoms with Crippen LogP contribution in [0.25, 0.3) is 0 Å². The number of hydrogen-bond acceptors (Lipinski definition) is 2. The number of unbranched alkanes of at least 4 members (excludes halogenated alkanes) is 4. The van der Waals surface area contributed by atoms with Crippen molar-refractivity contribution in [3.05, 3.63) is 0 Å². The van der Waals surface area contributed by atoms with Crippen LogP contribution >= 0.6 is 48.0 Å². The monoisotopic (exact) mass is 426 g/mol. The molecule has 0 aromatic carbocycles. The highest BCUT2D eigenvalue weighted by Crippen LogP contribution is 2.17. The minimum Gasteiger partial charge on any atom is -0.341 e. The van der Waals surface area contributed by atoms with Gasteiger partial charge in [-0.05, 0) is 37.2 Å². The lowest BCUT2D eigenvalue weighted by molar-refractivity contribution is 0.278. The Balaban J connectivity index is 4.77. The van der Waals surface area contributed by atoms with Gasteiger partial charge in [0.1, 0.15) is 8.64 Å². The SMILES string of the molecule is CCCC[SH2]C(=S)N(CCCC)CN(CCCC)C(=S)[SH2]CCCC. The molecule has 0 aromatic heterocycles. The lowest BCUT2D eigenvalue weighted by Crippen LogP contribution is -2.42. The van der Waals surface area contributed by atoms with Gasteiger partial charge < -0.3 is 9.80 Å². The second kappa shape index (κ2) is 17.9. The van der Waals surface area contributed by atoms with Crippen molar-refractivity contribution in [2.75, 3.05) is 31.3 Å². The standard InChI is InChI=1S/C19H42N2S4/c1-5-9-13-20(18(22)24-15-11-7-3)17-21(14-10-6-2)19(23)25-16-12-8-4/h5-17,24-25H2,1-4H3. The van der Waals surface area contributed by atoms with E-state index in [1.54, 1.807) is 0 Å². The zero-order valence-electron chi connectivity index (χ0n) is 16.9. The Bertz CT molecular complexity index is 318. The summed E-state index contributed by atoms with van der Waals surface area (Å²) >= 11 is 13.2. The molecule has 0 aromatic rings. The van der Waals surface area contributed by atoms with Gasteiger partial charge in [-0.2, -0.15) is 0 Å². The van der Waals surface area contributed by atoms with E-state index in [-0.39, 0.29) is 0 Å². The van der Waals surface area contributed by atoms with Crippen molar-refractivity contribution >= 4 is 56.6 Å². The summed E-state index contributed by atoms with van der Waals surface area (Å²) in [5.41, 5.74) is 0. The van der Waals surface area contributed by atoms with E-state index in [1.165, 1.54) is 71.5 Å². The Morgan fingerprint density at radius 3 is 1.32 bits per heavy atom. The molecular weight excluding hydrogens is 384 g/mol. The van der Waals surface area contributed by atoms with E-state index in [4.69, 9.17) is 24.4 Å². The highest BCUT2D eigenvalue weighted by molar-refractivity contribution is 8.23. The molecule has 152 valence electrons. The molecule has 6 heteroatoms. The number of thiocarbonyl (C=S) groups is 2. The molecule has 0 saturated carbocycles. The molecule has 0 aliphatic carbocycles. The first kappa shape index (κ1) is 25.5. The summed E-state index contributed by atoms with van der Waals surface area (Å²) in [5.74, 6) is 2.49. The zero-order chi connectivity index (χ0) is 18.9. The molecule has 0 aliphatic heterocycles.